The molecule has 96 valence electrons. The van der Waals surface area contributed by atoms with Crippen LogP contribution in [-0.2, 0) is 12.8 Å². The fourth-order valence-corrected chi connectivity index (χ4v) is 2.97. The van der Waals surface area contributed by atoms with E-state index in [0.29, 0.717) is 5.92 Å². The van der Waals surface area contributed by atoms with Gasteiger partial charge in [-0.3, -0.25) is 4.79 Å². The van der Waals surface area contributed by atoms with Gasteiger partial charge in [0.1, 0.15) is 0 Å². The highest BCUT2D eigenvalue weighted by Crippen LogP contribution is 2.23. The fourth-order valence-electron chi connectivity index (χ4n) is 2.97. The van der Waals surface area contributed by atoms with Crippen LogP contribution in [0.15, 0.2) is 18.2 Å². The van der Waals surface area contributed by atoms with Crippen molar-refractivity contribution in [1.29, 1.82) is 0 Å². The molecule has 18 heavy (non-hydrogen) atoms. The molecular formula is C15H20N2O. The van der Waals surface area contributed by atoms with E-state index in [1.54, 1.807) is 0 Å². The van der Waals surface area contributed by atoms with E-state index < -0.39 is 0 Å². The van der Waals surface area contributed by atoms with Gasteiger partial charge in [-0.25, -0.2) is 0 Å². The minimum Gasteiger partial charge on any atom is -0.348 e. The second kappa shape index (κ2) is 4.73. The lowest BCUT2D eigenvalue weighted by atomic mass is 10.0. The molecule has 1 fully saturated rings. The molecule has 1 saturated heterocycles. The summed E-state index contributed by atoms with van der Waals surface area (Å²) in [6, 6.07) is 6.43. The number of hydrogen-bond donors (Lipinski definition) is 2. The maximum Gasteiger partial charge on any atom is 0.251 e. The Morgan fingerprint density at radius 2 is 2.11 bits per heavy atom. The molecule has 2 aliphatic rings. The zero-order valence-electron chi connectivity index (χ0n) is 10.8. The van der Waals surface area contributed by atoms with E-state index in [1.807, 2.05) is 6.07 Å². The number of carbonyl (C=O) groups is 1. The summed E-state index contributed by atoms with van der Waals surface area (Å²) in [6.07, 6.45) is 3.52. The Hall–Kier alpha value is -1.35. The third-order valence-electron chi connectivity index (χ3n) is 4.19. The quantitative estimate of drug-likeness (QED) is 0.828. The van der Waals surface area contributed by atoms with Crippen molar-refractivity contribution in [2.24, 2.45) is 5.92 Å². The molecule has 3 nitrogen and oxygen atoms in total. The van der Waals surface area contributed by atoms with Crippen molar-refractivity contribution in [3.05, 3.63) is 34.9 Å². The van der Waals surface area contributed by atoms with Crippen LogP contribution >= 0.6 is 0 Å². The van der Waals surface area contributed by atoms with E-state index in [4.69, 9.17) is 0 Å². The second-order valence-corrected chi connectivity index (χ2v) is 5.55. The minimum absolute atomic E-state index is 0.0743. The third kappa shape index (κ3) is 2.15. The Bertz CT molecular complexity index is 470. The van der Waals surface area contributed by atoms with Crippen LogP contribution in [-0.4, -0.2) is 25.0 Å². The molecule has 1 aromatic rings. The highest BCUT2D eigenvalue weighted by atomic mass is 16.1. The van der Waals surface area contributed by atoms with Gasteiger partial charge in [0.15, 0.2) is 0 Å². The molecule has 1 amide bonds. The van der Waals surface area contributed by atoms with Crippen molar-refractivity contribution < 1.29 is 4.79 Å². The van der Waals surface area contributed by atoms with Gasteiger partial charge in [0.2, 0.25) is 0 Å². The Balaban J connectivity index is 1.72. The van der Waals surface area contributed by atoms with Gasteiger partial charge in [-0.05, 0) is 55.0 Å². The van der Waals surface area contributed by atoms with Crippen molar-refractivity contribution in [3.63, 3.8) is 0 Å². The van der Waals surface area contributed by atoms with Crippen molar-refractivity contribution in [2.75, 3.05) is 13.1 Å². The lowest BCUT2D eigenvalue weighted by molar-refractivity contribution is 0.0933. The van der Waals surface area contributed by atoms with Crippen LogP contribution in [0.4, 0.5) is 0 Å². The van der Waals surface area contributed by atoms with Crippen molar-refractivity contribution in [2.45, 2.75) is 32.2 Å². The summed E-state index contributed by atoms with van der Waals surface area (Å²) >= 11 is 0. The molecule has 3 rings (SSSR count). The molecule has 1 heterocycles. The van der Waals surface area contributed by atoms with Gasteiger partial charge in [0.25, 0.3) is 5.91 Å². The molecule has 2 atom stereocenters. The Kier molecular flexibility index (Phi) is 3.08. The lowest BCUT2D eigenvalue weighted by Gasteiger charge is -2.16. The first-order chi connectivity index (χ1) is 8.74. The SMILES string of the molecule is CC1CNCC1NC(=O)c1ccc2c(c1)CCC2. The normalized spacial score (nSPS) is 26.1. The van der Waals surface area contributed by atoms with Crippen molar-refractivity contribution in [3.8, 4) is 0 Å². The summed E-state index contributed by atoms with van der Waals surface area (Å²) in [6.45, 7) is 4.06. The standard InChI is InChI=1S/C15H20N2O/c1-10-8-16-9-14(10)17-15(18)13-6-5-11-3-2-4-12(11)7-13/h5-7,10,14,16H,2-4,8-9H2,1H3,(H,17,18). The van der Waals surface area contributed by atoms with Gasteiger partial charge in [0, 0.05) is 18.2 Å². The van der Waals surface area contributed by atoms with Gasteiger partial charge in [-0.2, -0.15) is 0 Å². The Morgan fingerprint density at radius 3 is 2.89 bits per heavy atom. The van der Waals surface area contributed by atoms with Gasteiger partial charge in [0.05, 0.1) is 0 Å². The van der Waals surface area contributed by atoms with Gasteiger partial charge in [-0.1, -0.05) is 13.0 Å². The average Bonchev–Trinajstić information content (AvgIpc) is 2.98. The van der Waals surface area contributed by atoms with Gasteiger partial charge < -0.3 is 10.6 Å². The van der Waals surface area contributed by atoms with Crippen molar-refractivity contribution in [1.82, 2.24) is 10.6 Å². The highest BCUT2D eigenvalue weighted by Gasteiger charge is 2.25. The average molecular weight is 244 g/mol. The molecule has 3 heteroatoms. The summed E-state index contributed by atoms with van der Waals surface area (Å²) in [5.41, 5.74) is 3.59. The zero-order chi connectivity index (χ0) is 12.5. The molecule has 1 aromatic carbocycles. The molecule has 0 bridgehead atoms. The summed E-state index contributed by atoms with van der Waals surface area (Å²) in [4.78, 5) is 12.2. The topological polar surface area (TPSA) is 41.1 Å². The Morgan fingerprint density at radius 1 is 1.28 bits per heavy atom. The van der Waals surface area contributed by atoms with Gasteiger partial charge in [-0.15, -0.1) is 0 Å². The van der Waals surface area contributed by atoms with Crippen molar-refractivity contribution >= 4 is 5.91 Å². The fraction of sp³-hybridized carbons (Fsp3) is 0.533. The minimum atomic E-state index is 0.0743. The summed E-state index contributed by atoms with van der Waals surface area (Å²) in [7, 11) is 0. The van der Waals surface area contributed by atoms with Crippen LogP contribution in [0.25, 0.3) is 0 Å². The van der Waals surface area contributed by atoms with Gasteiger partial charge >= 0.3 is 0 Å². The van der Waals surface area contributed by atoms with Crippen LogP contribution in [0, 0.1) is 5.92 Å². The van der Waals surface area contributed by atoms with E-state index in [9.17, 15) is 4.79 Å². The number of rotatable bonds is 2. The van der Waals surface area contributed by atoms with Crippen LogP contribution in [0.2, 0.25) is 0 Å². The third-order valence-corrected chi connectivity index (χ3v) is 4.19. The number of benzene rings is 1. The first-order valence-electron chi connectivity index (χ1n) is 6.87. The zero-order valence-corrected chi connectivity index (χ0v) is 10.8. The molecule has 0 radical (unpaired) electrons. The molecule has 1 aliphatic carbocycles. The number of nitrogens with one attached hydrogen (secondary N) is 2. The summed E-state index contributed by atoms with van der Waals surface area (Å²) in [5.74, 6) is 0.591. The van der Waals surface area contributed by atoms with E-state index in [1.165, 1.54) is 24.0 Å². The van der Waals surface area contributed by atoms with Crippen LogP contribution < -0.4 is 10.6 Å². The number of hydrogen-bond acceptors (Lipinski definition) is 2. The molecule has 2 unspecified atom stereocenters. The second-order valence-electron chi connectivity index (χ2n) is 5.55. The maximum absolute atomic E-state index is 12.2. The number of fused-ring (bicyclic) bond motifs is 1. The highest BCUT2D eigenvalue weighted by molar-refractivity contribution is 5.94. The van der Waals surface area contributed by atoms with E-state index in [2.05, 4.69) is 29.7 Å². The number of aryl methyl sites for hydroxylation is 2. The van der Waals surface area contributed by atoms with E-state index >= 15 is 0 Å². The molecule has 0 aromatic heterocycles. The molecule has 0 spiro atoms. The van der Waals surface area contributed by atoms with Crippen LogP contribution in [0.1, 0.15) is 34.8 Å². The predicted octanol–water partition coefficient (Wildman–Crippen LogP) is 1.51. The smallest absolute Gasteiger partial charge is 0.251 e. The first kappa shape index (κ1) is 11.7. The Labute approximate surface area is 108 Å². The summed E-state index contributed by atoms with van der Waals surface area (Å²) in [5, 5.41) is 6.44. The molecular weight excluding hydrogens is 224 g/mol. The largest absolute Gasteiger partial charge is 0.348 e. The van der Waals surface area contributed by atoms with Crippen LogP contribution in [0.5, 0.6) is 0 Å². The molecule has 2 N–H and O–H groups in total. The lowest BCUT2D eigenvalue weighted by Crippen LogP contribution is -2.39. The molecule has 1 aliphatic heterocycles. The molecule has 0 saturated carbocycles. The first-order valence-corrected chi connectivity index (χ1v) is 6.87. The number of carbonyl (C=O) groups excluding carboxylic acids is 1. The maximum atomic E-state index is 12.2. The monoisotopic (exact) mass is 244 g/mol. The predicted molar refractivity (Wildman–Crippen MR) is 71.8 cm³/mol. The van der Waals surface area contributed by atoms with E-state index in [0.717, 1.165) is 25.1 Å². The number of amides is 1. The van der Waals surface area contributed by atoms with Crippen LogP contribution in [0.3, 0.4) is 0 Å². The summed E-state index contributed by atoms with van der Waals surface area (Å²) < 4.78 is 0. The van der Waals surface area contributed by atoms with E-state index in [-0.39, 0.29) is 11.9 Å².